The van der Waals surface area contributed by atoms with Crippen LogP contribution in [0.25, 0.3) is 6.08 Å². The third-order valence-electron chi connectivity index (χ3n) is 3.79. The van der Waals surface area contributed by atoms with Crippen molar-refractivity contribution >= 4 is 23.4 Å². The lowest BCUT2D eigenvalue weighted by Gasteiger charge is -2.30. The number of imidazole rings is 1. The van der Waals surface area contributed by atoms with E-state index in [2.05, 4.69) is 26.3 Å². The molecule has 0 bridgehead atoms. The molecule has 2 heterocycles. The number of piperidine rings is 1. The predicted octanol–water partition coefficient (Wildman–Crippen LogP) is 3.05. The maximum atomic E-state index is 12.1. The second kappa shape index (κ2) is 6.93. The minimum Gasteiger partial charge on any atom is -0.370 e. The SMILES string of the molecule is O=C(/C=C/c1cnc[nH]1)Nc1ccccc1N1CCCCC1. The number of hydrogen-bond donors (Lipinski definition) is 2. The molecule has 1 saturated heterocycles. The van der Waals surface area contributed by atoms with Gasteiger partial charge in [0.1, 0.15) is 0 Å². The van der Waals surface area contributed by atoms with Crippen LogP contribution in [0.15, 0.2) is 42.9 Å². The van der Waals surface area contributed by atoms with Crippen molar-refractivity contribution in [1.29, 1.82) is 0 Å². The summed E-state index contributed by atoms with van der Waals surface area (Å²) in [6.07, 6.45) is 10.2. The number of anilines is 2. The Kier molecular flexibility index (Phi) is 4.53. The van der Waals surface area contributed by atoms with Crippen LogP contribution in [0.3, 0.4) is 0 Å². The maximum Gasteiger partial charge on any atom is 0.248 e. The van der Waals surface area contributed by atoms with Crippen LogP contribution in [0.5, 0.6) is 0 Å². The quantitative estimate of drug-likeness (QED) is 0.852. The fourth-order valence-electron chi connectivity index (χ4n) is 2.69. The van der Waals surface area contributed by atoms with Crippen LogP contribution in [0.2, 0.25) is 0 Å². The minimum atomic E-state index is -0.140. The smallest absolute Gasteiger partial charge is 0.248 e. The normalized spacial score (nSPS) is 15.2. The van der Waals surface area contributed by atoms with Gasteiger partial charge in [0.05, 0.1) is 29.6 Å². The number of aromatic amines is 1. The summed E-state index contributed by atoms with van der Waals surface area (Å²) >= 11 is 0. The summed E-state index contributed by atoms with van der Waals surface area (Å²) < 4.78 is 0. The molecule has 1 amide bonds. The summed E-state index contributed by atoms with van der Waals surface area (Å²) in [5.74, 6) is -0.140. The van der Waals surface area contributed by atoms with E-state index < -0.39 is 0 Å². The molecule has 0 radical (unpaired) electrons. The van der Waals surface area contributed by atoms with Crippen molar-refractivity contribution in [3.8, 4) is 0 Å². The number of carbonyl (C=O) groups is 1. The molecular weight excluding hydrogens is 276 g/mol. The lowest BCUT2D eigenvalue weighted by Crippen LogP contribution is -2.30. The Balaban J connectivity index is 1.70. The van der Waals surface area contributed by atoms with Gasteiger partial charge in [-0.05, 0) is 37.5 Å². The van der Waals surface area contributed by atoms with Gasteiger partial charge in [0, 0.05) is 19.2 Å². The van der Waals surface area contributed by atoms with Gasteiger partial charge < -0.3 is 15.2 Å². The van der Waals surface area contributed by atoms with Crippen molar-refractivity contribution in [2.24, 2.45) is 0 Å². The average molecular weight is 296 g/mol. The number of benzene rings is 1. The lowest BCUT2D eigenvalue weighted by molar-refractivity contribution is -0.111. The Hall–Kier alpha value is -2.56. The molecule has 0 spiro atoms. The van der Waals surface area contributed by atoms with E-state index in [-0.39, 0.29) is 5.91 Å². The number of nitrogens with zero attached hydrogens (tertiary/aromatic N) is 2. The Morgan fingerprint density at radius 3 is 2.82 bits per heavy atom. The van der Waals surface area contributed by atoms with Crippen molar-refractivity contribution in [3.05, 3.63) is 48.6 Å². The second-order valence-corrected chi connectivity index (χ2v) is 5.39. The molecule has 114 valence electrons. The van der Waals surface area contributed by atoms with Gasteiger partial charge in [0.2, 0.25) is 5.91 Å². The highest BCUT2D eigenvalue weighted by atomic mass is 16.1. The molecule has 0 aliphatic carbocycles. The van der Waals surface area contributed by atoms with E-state index >= 15 is 0 Å². The summed E-state index contributed by atoms with van der Waals surface area (Å²) in [4.78, 5) is 21.3. The molecule has 5 heteroatoms. The molecule has 5 nitrogen and oxygen atoms in total. The number of rotatable bonds is 4. The molecular formula is C17H20N4O. The molecule has 0 atom stereocenters. The molecule has 22 heavy (non-hydrogen) atoms. The number of aromatic nitrogens is 2. The lowest BCUT2D eigenvalue weighted by atomic mass is 10.1. The van der Waals surface area contributed by atoms with Crippen LogP contribution in [-0.4, -0.2) is 29.0 Å². The van der Waals surface area contributed by atoms with Crippen molar-refractivity contribution in [3.63, 3.8) is 0 Å². The third-order valence-corrected chi connectivity index (χ3v) is 3.79. The van der Waals surface area contributed by atoms with Crippen LogP contribution in [0.1, 0.15) is 25.0 Å². The van der Waals surface area contributed by atoms with Crippen molar-refractivity contribution in [2.45, 2.75) is 19.3 Å². The molecule has 2 N–H and O–H groups in total. The van der Waals surface area contributed by atoms with E-state index in [1.165, 1.54) is 25.3 Å². The zero-order chi connectivity index (χ0) is 15.2. The standard InChI is InChI=1S/C17H20N4O/c22-17(9-8-14-12-18-13-19-14)20-15-6-2-3-7-16(15)21-10-4-1-5-11-21/h2-3,6-9,12-13H,1,4-5,10-11H2,(H,18,19)(H,20,22)/b9-8+. The molecule has 3 rings (SSSR count). The summed E-state index contributed by atoms with van der Waals surface area (Å²) in [5.41, 5.74) is 2.77. The molecule has 1 fully saturated rings. The first-order chi connectivity index (χ1) is 10.8. The first-order valence-electron chi connectivity index (χ1n) is 7.64. The van der Waals surface area contributed by atoms with Crippen LogP contribution in [0, 0.1) is 0 Å². The zero-order valence-electron chi connectivity index (χ0n) is 12.5. The Morgan fingerprint density at radius 1 is 1.23 bits per heavy atom. The van der Waals surface area contributed by atoms with Gasteiger partial charge in [-0.3, -0.25) is 4.79 Å². The van der Waals surface area contributed by atoms with E-state index in [1.807, 2.05) is 18.2 Å². The van der Waals surface area contributed by atoms with Crippen LogP contribution >= 0.6 is 0 Å². The predicted molar refractivity (Wildman–Crippen MR) is 88.8 cm³/mol. The Morgan fingerprint density at radius 2 is 2.05 bits per heavy atom. The number of para-hydroxylation sites is 2. The van der Waals surface area contributed by atoms with Gasteiger partial charge in [-0.15, -0.1) is 0 Å². The van der Waals surface area contributed by atoms with Crippen molar-refractivity contribution < 1.29 is 4.79 Å². The van der Waals surface area contributed by atoms with Crippen LogP contribution in [0.4, 0.5) is 11.4 Å². The highest BCUT2D eigenvalue weighted by Gasteiger charge is 2.14. The molecule has 2 aromatic rings. The molecule has 1 aliphatic rings. The van der Waals surface area contributed by atoms with Crippen LogP contribution in [-0.2, 0) is 4.79 Å². The number of H-pyrrole nitrogens is 1. The number of nitrogens with one attached hydrogen (secondary N) is 2. The minimum absolute atomic E-state index is 0.140. The number of carbonyl (C=O) groups excluding carboxylic acids is 1. The summed E-state index contributed by atoms with van der Waals surface area (Å²) in [5, 5.41) is 2.97. The van der Waals surface area contributed by atoms with E-state index in [9.17, 15) is 4.79 Å². The Labute approximate surface area is 130 Å². The zero-order valence-corrected chi connectivity index (χ0v) is 12.5. The van der Waals surface area contributed by atoms with Gasteiger partial charge in [-0.1, -0.05) is 12.1 Å². The van der Waals surface area contributed by atoms with Gasteiger partial charge in [-0.25, -0.2) is 4.98 Å². The monoisotopic (exact) mass is 296 g/mol. The summed E-state index contributed by atoms with van der Waals surface area (Å²) in [6.45, 7) is 2.10. The first-order valence-corrected chi connectivity index (χ1v) is 7.64. The van der Waals surface area contributed by atoms with Crippen molar-refractivity contribution in [2.75, 3.05) is 23.3 Å². The van der Waals surface area contributed by atoms with Gasteiger partial charge in [0.15, 0.2) is 0 Å². The molecule has 1 aromatic carbocycles. The van der Waals surface area contributed by atoms with Gasteiger partial charge in [-0.2, -0.15) is 0 Å². The highest BCUT2D eigenvalue weighted by molar-refractivity contribution is 6.03. The van der Waals surface area contributed by atoms with E-state index in [1.54, 1.807) is 18.6 Å². The number of amides is 1. The highest BCUT2D eigenvalue weighted by Crippen LogP contribution is 2.28. The second-order valence-electron chi connectivity index (χ2n) is 5.39. The van der Waals surface area contributed by atoms with Gasteiger partial charge >= 0.3 is 0 Å². The topological polar surface area (TPSA) is 61.0 Å². The van der Waals surface area contributed by atoms with E-state index in [0.717, 1.165) is 30.2 Å². The summed E-state index contributed by atoms with van der Waals surface area (Å²) in [6, 6.07) is 7.98. The molecule has 1 aliphatic heterocycles. The van der Waals surface area contributed by atoms with E-state index in [4.69, 9.17) is 0 Å². The Bertz CT molecular complexity index is 642. The largest absolute Gasteiger partial charge is 0.370 e. The van der Waals surface area contributed by atoms with Crippen LogP contribution < -0.4 is 10.2 Å². The van der Waals surface area contributed by atoms with Gasteiger partial charge in [0.25, 0.3) is 0 Å². The average Bonchev–Trinajstić information content (AvgIpc) is 3.08. The summed E-state index contributed by atoms with van der Waals surface area (Å²) in [7, 11) is 0. The first kappa shape index (κ1) is 14.4. The third kappa shape index (κ3) is 3.55. The molecule has 0 unspecified atom stereocenters. The van der Waals surface area contributed by atoms with E-state index in [0.29, 0.717) is 0 Å². The fourth-order valence-corrected chi connectivity index (χ4v) is 2.69. The molecule has 0 saturated carbocycles. The van der Waals surface area contributed by atoms with Crippen molar-refractivity contribution in [1.82, 2.24) is 9.97 Å². The molecule has 1 aromatic heterocycles. The fraction of sp³-hybridized carbons (Fsp3) is 0.294. The number of hydrogen-bond acceptors (Lipinski definition) is 3. The maximum absolute atomic E-state index is 12.1.